The van der Waals surface area contributed by atoms with Crippen LogP contribution in [0.4, 0.5) is 14.9 Å². The van der Waals surface area contributed by atoms with Gasteiger partial charge in [0.2, 0.25) is 0 Å². The van der Waals surface area contributed by atoms with Crippen LogP contribution in [0.2, 0.25) is 0 Å². The number of rotatable bonds is 19. The van der Waals surface area contributed by atoms with Gasteiger partial charge in [-0.1, -0.05) is 30.3 Å². The standard InChI is InChI=1S/C36H45FN2O8/c1-43-18-5-8-30(40)22-38-33-15-12-29(37)21-28(33)25-47-35-23-39(36(41)42)17-16-32(35)26-10-13-31(14-11-26)46-20-6-19-45-24-27-7-3-4-9-34(27)44-2/h3-4,7,9-15,21,32,35,38H,5-6,8,16-20,22-25H2,1-2H3,(H,41,42). The first kappa shape index (κ1) is 35.7. The molecule has 1 aliphatic heterocycles. The third-order valence-corrected chi connectivity index (χ3v) is 8.09. The van der Waals surface area contributed by atoms with Crippen molar-refractivity contribution < 1.29 is 42.8 Å². The summed E-state index contributed by atoms with van der Waals surface area (Å²) in [6.07, 6.45) is 0.842. The number of nitrogens with zero attached hydrogens (tertiary/aromatic N) is 1. The Morgan fingerprint density at radius 2 is 1.77 bits per heavy atom. The van der Waals surface area contributed by atoms with Gasteiger partial charge in [-0.25, -0.2) is 9.18 Å². The third kappa shape index (κ3) is 11.2. The number of benzene rings is 3. The molecule has 0 bridgehead atoms. The van der Waals surface area contributed by atoms with Crippen molar-refractivity contribution in [3.63, 3.8) is 0 Å². The molecule has 0 aliphatic carbocycles. The maximum Gasteiger partial charge on any atom is 0.407 e. The van der Waals surface area contributed by atoms with Gasteiger partial charge in [-0.05, 0) is 54.8 Å². The number of nitrogens with one attached hydrogen (secondary N) is 1. The Morgan fingerprint density at radius 3 is 2.53 bits per heavy atom. The molecule has 3 aromatic rings. The number of hydrogen-bond acceptors (Lipinski definition) is 8. The number of likely N-dealkylation sites (tertiary alicyclic amines) is 1. The Morgan fingerprint density at radius 1 is 0.957 bits per heavy atom. The van der Waals surface area contributed by atoms with Crippen LogP contribution in [0.3, 0.4) is 0 Å². The fourth-order valence-corrected chi connectivity index (χ4v) is 5.55. The van der Waals surface area contributed by atoms with Crippen molar-refractivity contribution in [1.82, 2.24) is 4.90 Å². The molecular weight excluding hydrogens is 607 g/mol. The summed E-state index contributed by atoms with van der Waals surface area (Å²) in [5, 5.41) is 12.8. The molecule has 47 heavy (non-hydrogen) atoms. The number of carbonyl (C=O) groups is 2. The van der Waals surface area contributed by atoms with Crippen LogP contribution < -0.4 is 14.8 Å². The van der Waals surface area contributed by atoms with E-state index in [1.165, 1.54) is 17.0 Å². The van der Waals surface area contributed by atoms with Crippen LogP contribution in [-0.4, -0.2) is 81.7 Å². The van der Waals surface area contributed by atoms with E-state index in [0.717, 1.165) is 29.0 Å². The third-order valence-electron chi connectivity index (χ3n) is 8.09. The molecule has 0 aromatic heterocycles. The van der Waals surface area contributed by atoms with Crippen molar-refractivity contribution >= 4 is 17.6 Å². The highest BCUT2D eigenvalue weighted by Gasteiger charge is 2.33. The SMILES string of the molecule is COCCCC(=O)CNc1ccc(F)cc1COC1CN(C(=O)O)CCC1c1ccc(OCCCOCc2ccccc2OC)cc1. The maximum atomic E-state index is 14.2. The lowest BCUT2D eigenvalue weighted by Crippen LogP contribution is -2.46. The molecule has 0 spiro atoms. The molecule has 2 unspecified atom stereocenters. The van der Waals surface area contributed by atoms with Gasteiger partial charge in [0.1, 0.15) is 17.3 Å². The molecule has 1 heterocycles. The largest absolute Gasteiger partial charge is 0.496 e. The van der Waals surface area contributed by atoms with Gasteiger partial charge in [0.15, 0.2) is 5.78 Å². The van der Waals surface area contributed by atoms with Gasteiger partial charge < -0.3 is 39.0 Å². The number of carboxylic acid groups (broad SMARTS) is 1. The number of Topliss-reactive ketones (excluding diaryl/α,β-unsaturated/α-hetero) is 1. The lowest BCUT2D eigenvalue weighted by molar-refractivity contribution is -0.117. The zero-order valence-electron chi connectivity index (χ0n) is 27.1. The Hall–Kier alpha value is -4.19. The molecule has 2 atom stereocenters. The van der Waals surface area contributed by atoms with E-state index in [1.54, 1.807) is 20.3 Å². The second-order valence-corrected chi connectivity index (χ2v) is 11.4. The summed E-state index contributed by atoms with van der Waals surface area (Å²) in [6, 6.07) is 19.8. The second-order valence-electron chi connectivity index (χ2n) is 11.4. The molecule has 4 rings (SSSR count). The maximum absolute atomic E-state index is 14.2. The van der Waals surface area contributed by atoms with Crippen molar-refractivity contribution in [1.29, 1.82) is 0 Å². The molecule has 1 saturated heterocycles. The molecule has 1 aliphatic rings. The number of ketones is 1. The van der Waals surface area contributed by atoms with Crippen LogP contribution in [0.1, 0.15) is 48.3 Å². The van der Waals surface area contributed by atoms with Crippen LogP contribution in [0.15, 0.2) is 66.7 Å². The van der Waals surface area contributed by atoms with E-state index < -0.39 is 18.0 Å². The highest BCUT2D eigenvalue weighted by atomic mass is 19.1. The molecular formula is C36H45FN2O8. The summed E-state index contributed by atoms with van der Waals surface area (Å²) >= 11 is 0. The molecule has 254 valence electrons. The van der Waals surface area contributed by atoms with E-state index in [9.17, 15) is 19.1 Å². The van der Waals surface area contributed by atoms with Crippen molar-refractivity contribution in [2.24, 2.45) is 0 Å². The van der Waals surface area contributed by atoms with Crippen molar-refractivity contribution in [3.8, 4) is 11.5 Å². The molecule has 0 saturated carbocycles. The predicted octanol–water partition coefficient (Wildman–Crippen LogP) is 6.28. The number of halogens is 1. The predicted molar refractivity (Wildman–Crippen MR) is 176 cm³/mol. The highest BCUT2D eigenvalue weighted by molar-refractivity contribution is 5.83. The number of piperidine rings is 1. The lowest BCUT2D eigenvalue weighted by atomic mass is 9.87. The molecule has 11 heteroatoms. The highest BCUT2D eigenvalue weighted by Crippen LogP contribution is 2.33. The van der Waals surface area contributed by atoms with E-state index in [2.05, 4.69) is 5.32 Å². The molecule has 1 fully saturated rings. The number of methoxy groups -OCH3 is 2. The van der Waals surface area contributed by atoms with E-state index in [1.807, 2.05) is 48.5 Å². The number of amides is 1. The smallest absolute Gasteiger partial charge is 0.407 e. The number of para-hydroxylation sites is 1. The minimum Gasteiger partial charge on any atom is -0.496 e. The van der Waals surface area contributed by atoms with Gasteiger partial charge in [0.25, 0.3) is 0 Å². The average molecular weight is 653 g/mol. The van der Waals surface area contributed by atoms with Gasteiger partial charge in [-0.3, -0.25) is 4.79 Å². The Bertz CT molecular complexity index is 1420. The molecule has 3 aromatic carbocycles. The summed E-state index contributed by atoms with van der Waals surface area (Å²) < 4.78 is 42.6. The first-order chi connectivity index (χ1) is 22.9. The molecule has 2 N–H and O–H groups in total. The van der Waals surface area contributed by atoms with Crippen LogP contribution in [0, 0.1) is 5.82 Å². The van der Waals surface area contributed by atoms with Crippen molar-refractivity contribution in [2.45, 2.75) is 50.9 Å². The van der Waals surface area contributed by atoms with Crippen LogP contribution in [-0.2, 0) is 32.2 Å². The van der Waals surface area contributed by atoms with Crippen molar-refractivity contribution in [2.75, 3.05) is 59.0 Å². The van der Waals surface area contributed by atoms with Gasteiger partial charge in [0, 0.05) is 55.8 Å². The fraction of sp³-hybridized carbons (Fsp3) is 0.444. The summed E-state index contributed by atoms with van der Waals surface area (Å²) in [7, 11) is 3.24. The first-order valence-corrected chi connectivity index (χ1v) is 15.9. The van der Waals surface area contributed by atoms with Crippen molar-refractivity contribution in [3.05, 3.63) is 89.2 Å². The van der Waals surface area contributed by atoms with Crippen LogP contribution in [0.25, 0.3) is 0 Å². The number of ether oxygens (including phenoxy) is 5. The number of hydrogen-bond donors (Lipinski definition) is 2. The topological polar surface area (TPSA) is 116 Å². The zero-order chi connectivity index (χ0) is 33.4. The Labute approximate surface area is 275 Å². The second kappa shape index (κ2) is 18.8. The minimum absolute atomic E-state index is 0.0209. The fourth-order valence-electron chi connectivity index (χ4n) is 5.55. The van der Waals surface area contributed by atoms with E-state index >= 15 is 0 Å². The van der Waals surface area contributed by atoms with Gasteiger partial charge >= 0.3 is 6.09 Å². The van der Waals surface area contributed by atoms with E-state index in [4.69, 9.17) is 23.7 Å². The normalized spacial score (nSPS) is 16.1. The summed E-state index contributed by atoms with van der Waals surface area (Å²) in [5.41, 5.74) is 3.15. The van der Waals surface area contributed by atoms with Gasteiger partial charge in [-0.15, -0.1) is 0 Å². The monoisotopic (exact) mass is 652 g/mol. The average Bonchev–Trinajstić information content (AvgIpc) is 3.08. The summed E-state index contributed by atoms with van der Waals surface area (Å²) in [4.78, 5) is 25.4. The number of anilines is 1. The zero-order valence-corrected chi connectivity index (χ0v) is 27.1. The Kier molecular flexibility index (Phi) is 14.3. The summed E-state index contributed by atoms with van der Waals surface area (Å²) in [6.45, 7) is 2.73. The van der Waals surface area contributed by atoms with E-state index in [0.29, 0.717) is 63.5 Å². The van der Waals surface area contributed by atoms with Crippen LogP contribution >= 0.6 is 0 Å². The quantitative estimate of drug-likeness (QED) is 0.144. The van der Waals surface area contributed by atoms with Gasteiger partial charge in [-0.2, -0.15) is 0 Å². The summed E-state index contributed by atoms with van der Waals surface area (Å²) in [5.74, 6) is 1.05. The molecule has 10 nitrogen and oxygen atoms in total. The lowest BCUT2D eigenvalue weighted by Gasteiger charge is -2.37. The first-order valence-electron chi connectivity index (χ1n) is 15.9. The van der Waals surface area contributed by atoms with E-state index in [-0.39, 0.29) is 31.4 Å². The number of carbonyl (C=O) groups excluding carboxylic acids is 1. The Balaban J connectivity index is 1.31. The molecule has 1 amide bonds. The van der Waals surface area contributed by atoms with Gasteiger partial charge in [0.05, 0.1) is 52.7 Å². The molecule has 0 radical (unpaired) electrons. The minimum atomic E-state index is -1.01. The van der Waals surface area contributed by atoms with Crippen LogP contribution in [0.5, 0.6) is 11.5 Å².